The SMILES string of the molecule is C=C(C)C(=O)OC=CC(C)CCCC(C)C. The molecule has 0 N–H and O–H groups in total. The molecule has 0 aliphatic rings. The Morgan fingerprint density at radius 1 is 1.31 bits per heavy atom. The molecule has 1 unspecified atom stereocenters. The number of carbonyl (C=O) groups is 1. The minimum atomic E-state index is -0.356. The second-order valence-corrected chi connectivity index (χ2v) is 4.82. The van der Waals surface area contributed by atoms with Crippen LogP contribution in [-0.2, 0) is 9.53 Å². The van der Waals surface area contributed by atoms with Gasteiger partial charge in [-0.15, -0.1) is 0 Å². The van der Waals surface area contributed by atoms with Gasteiger partial charge in [-0.2, -0.15) is 0 Å². The molecule has 0 aliphatic heterocycles. The molecule has 0 saturated carbocycles. The highest BCUT2D eigenvalue weighted by Crippen LogP contribution is 2.13. The minimum absolute atomic E-state index is 0.356. The van der Waals surface area contributed by atoms with E-state index in [2.05, 4.69) is 27.4 Å². The van der Waals surface area contributed by atoms with Crippen molar-refractivity contribution in [3.63, 3.8) is 0 Å². The molecule has 0 bridgehead atoms. The third-order valence-corrected chi connectivity index (χ3v) is 2.37. The number of esters is 1. The monoisotopic (exact) mass is 224 g/mol. The molecule has 92 valence electrons. The van der Waals surface area contributed by atoms with E-state index in [0.29, 0.717) is 11.5 Å². The van der Waals surface area contributed by atoms with Crippen molar-refractivity contribution in [3.8, 4) is 0 Å². The van der Waals surface area contributed by atoms with E-state index in [4.69, 9.17) is 4.74 Å². The Kier molecular flexibility index (Phi) is 7.61. The van der Waals surface area contributed by atoms with Crippen molar-refractivity contribution in [2.24, 2.45) is 11.8 Å². The molecule has 0 aliphatic carbocycles. The maximum atomic E-state index is 11.1. The van der Waals surface area contributed by atoms with Gasteiger partial charge in [0.05, 0.1) is 6.26 Å². The summed E-state index contributed by atoms with van der Waals surface area (Å²) in [6.07, 6.45) is 7.03. The Morgan fingerprint density at radius 2 is 1.94 bits per heavy atom. The number of hydrogen-bond acceptors (Lipinski definition) is 2. The Bertz CT molecular complexity index is 251. The number of allylic oxidation sites excluding steroid dienone is 1. The fourth-order valence-electron chi connectivity index (χ4n) is 1.28. The quantitative estimate of drug-likeness (QED) is 0.370. The van der Waals surface area contributed by atoms with Crippen LogP contribution in [0.2, 0.25) is 0 Å². The highest BCUT2D eigenvalue weighted by atomic mass is 16.5. The zero-order chi connectivity index (χ0) is 12.6. The first kappa shape index (κ1) is 14.9. The standard InChI is InChI=1S/C14H24O2/c1-11(2)7-6-8-13(5)9-10-16-14(15)12(3)4/h9-11,13H,3,6-8H2,1-2,4-5H3. The number of ether oxygens (including phenoxy) is 1. The van der Waals surface area contributed by atoms with Gasteiger partial charge in [0.15, 0.2) is 0 Å². The number of hydrogen-bond donors (Lipinski definition) is 0. The summed E-state index contributed by atoms with van der Waals surface area (Å²) in [5.41, 5.74) is 0.428. The van der Waals surface area contributed by atoms with Gasteiger partial charge in [-0.25, -0.2) is 4.79 Å². The molecule has 2 heteroatoms. The Morgan fingerprint density at radius 3 is 2.44 bits per heavy atom. The van der Waals surface area contributed by atoms with Gasteiger partial charge < -0.3 is 4.74 Å². The van der Waals surface area contributed by atoms with Crippen LogP contribution in [0.25, 0.3) is 0 Å². The fraction of sp³-hybridized carbons (Fsp3) is 0.643. The molecule has 0 aromatic heterocycles. The minimum Gasteiger partial charge on any atom is -0.431 e. The second-order valence-electron chi connectivity index (χ2n) is 4.82. The summed E-state index contributed by atoms with van der Waals surface area (Å²) in [4.78, 5) is 11.1. The molecule has 0 radical (unpaired) electrons. The summed E-state index contributed by atoms with van der Waals surface area (Å²) in [7, 11) is 0. The summed E-state index contributed by atoms with van der Waals surface area (Å²) in [5, 5.41) is 0. The van der Waals surface area contributed by atoms with Crippen molar-refractivity contribution < 1.29 is 9.53 Å². The van der Waals surface area contributed by atoms with Gasteiger partial charge in [0.1, 0.15) is 0 Å². The maximum absolute atomic E-state index is 11.1. The van der Waals surface area contributed by atoms with Gasteiger partial charge in [0.25, 0.3) is 0 Å². The number of rotatable bonds is 7. The van der Waals surface area contributed by atoms with Gasteiger partial charge in [-0.05, 0) is 31.3 Å². The van der Waals surface area contributed by atoms with E-state index in [-0.39, 0.29) is 5.97 Å². The molecule has 2 nitrogen and oxygen atoms in total. The fourth-order valence-corrected chi connectivity index (χ4v) is 1.28. The van der Waals surface area contributed by atoms with Crippen molar-refractivity contribution >= 4 is 5.97 Å². The van der Waals surface area contributed by atoms with Crippen LogP contribution in [-0.4, -0.2) is 5.97 Å². The summed E-state index contributed by atoms with van der Waals surface area (Å²) in [6, 6.07) is 0. The largest absolute Gasteiger partial charge is 0.431 e. The Balaban J connectivity index is 3.70. The van der Waals surface area contributed by atoms with Crippen LogP contribution in [0.5, 0.6) is 0 Å². The molecule has 0 heterocycles. The first-order valence-electron chi connectivity index (χ1n) is 5.96. The second kappa shape index (κ2) is 8.14. The molecule has 0 saturated heterocycles. The first-order valence-corrected chi connectivity index (χ1v) is 5.96. The van der Waals surface area contributed by atoms with E-state index in [1.807, 2.05) is 6.08 Å². The third-order valence-electron chi connectivity index (χ3n) is 2.37. The molecule has 0 aromatic rings. The summed E-state index contributed by atoms with van der Waals surface area (Å²) in [6.45, 7) is 11.7. The third kappa shape index (κ3) is 8.27. The Hall–Kier alpha value is -1.05. The molecule has 0 aromatic carbocycles. The van der Waals surface area contributed by atoms with Crippen LogP contribution < -0.4 is 0 Å². The molecular formula is C14H24O2. The van der Waals surface area contributed by atoms with E-state index < -0.39 is 0 Å². The van der Waals surface area contributed by atoms with E-state index >= 15 is 0 Å². The van der Waals surface area contributed by atoms with Crippen LogP contribution in [0, 0.1) is 11.8 Å². The van der Waals surface area contributed by atoms with Gasteiger partial charge in [0.2, 0.25) is 0 Å². The lowest BCUT2D eigenvalue weighted by Gasteiger charge is -2.07. The molecular weight excluding hydrogens is 200 g/mol. The molecule has 0 amide bonds. The van der Waals surface area contributed by atoms with Gasteiger partial charge >= 0.3 is 5.97 Å². The molecule has 0 fully saturated rings. The van der Waals surface area contributed by atoms with Crippen LogP contribution in [0.15, 0.2) is 24.5 Å². The normalized spacial score (nSPS) is 13.1. The average Bonchev–Trinajstić information content (AvgIpc) is 2.16. The van der Waals surface area contributed by atoms with Crippen molar-refractivity contribution in [1.29, 1.82) is 0 Å². The van der Waals surface area contributed by atoms with E-state index in [9.17, 15) is 4.79 Å². The van der Waals surface area contributed by atoms with E-state index in [0.717, 1.165) is 12.3 Å². The molecule has 0 spiro atoms. The summed E-state index contributed by atoms with van der Waals surface area (Å²) >= 11 is 0. The predicted octanol–water partition coefficient (Wildman–Crippen LogP) is 4.08. The van der Waals surface area contributed by atoms with Crippen molar-refractivity contribution in [2.75, 3.05) is 0 Å². The lowest BCUT2D eigenvalue weighted by Crippen LogP contribution is -2.00. The Labute approximate surface area is 99.4 Å². The highest BCUT2D eigenvalue weighted by Gasteiger charge is 2.02. The topological polar surface area (TPSA) is 26.3 Å². The van der Waals surface area contributed by atoms with Crippen LogP contribution in [0.4, 0.5) is 0 Å². The smallest absolute Gasteiger partial charge is 0.337 e. The molecule has 16 heavy (non-hydrogen) atoms. The van der Waals surface area contributed by atoms with Gasteiger partial charge in [0, 0.05) is 5.57 Å². The van der Waals surface area contributed by atoms with Gasteiger partial charge in [-0.1, -0.05) is 40.2 Å². The lowest BCUT2D eigenvalue weighted by atomic mass is 10.00. The van der Waals surface area contributed by atoms with E-state index in [1.165, 1.54) is 19.1 Å². The first-order chi connectivity index (χ1) is 7.43. The van der Waals surface area contributed by atoms with E-state index in [1.54, 1.807) is 6.92 Å². The summed E-state index contributed by atoms with van der Waals surface area (Å²) < 4.78 is 4.88. The zero-order valence-corrected chi connectivity index (χ0v) is 11.0. The van der Waals surface area contributed by atoms with Crippen molar-refractivity contribution in [3.05, 3.63) is 24.5 Å². The number of carbonyl (C=O) groups excluding carboxylic acids is 1. The highest BCUT2D eigenvalue weighted by molar-refractivity contribution is 5.87. The average molecular weight is 224 g/mol. The lowest BCUT2D eigenvalue weighted by molar-refractivity contribution is -0.133. The van der Waals surface area contributed by atoms with Crippen molar-refractivity contribution in [1.82, 2.24) is 0 Å². The molecule has 1 atom stereocenters. The summed E-state index contributed by atoms with van der Waals surface area (Å²) in [5.74, 6) is 0.861. The molecule has 0 rings (SSSR count). The van der Waals surface area contributed by atoms with Crippen LogP contribution >= 0.6 is 0 Å². The van der Waals surface area contributed by atoms with Crippen LogP contribution in [0.3, 0.4) is 0 Å². The zero-order valence-electron chi connectivity index (χ0n) is 11.0. The predicted molar refractivity (Wildman–Crippen MR) is 67.9 cm³/mol. The van der Waals surface area contributed by atoms with Crippen molar-refractivity contribution in [2.45, 2.75) is 47.0 Å². The van der Waals surface area contributed by atoms with Crippen LogP contribution in [0.1, 0.15) is 47.0 Å². The maximum Gasteiger partial charge on any atom is 0.337 e. The van der Waals surface area contributed by atoms with Gasteiger partial charge in [-0.3, -0.25) is 0 Å².